The third-order valence-corrected chi connectivity index (χ3v) is 19.8. The molecule has 0 aliphatic rings. The van der Waals surface area contributed by atoms with Gasteiger partial charge in [-0.05, 0) is 31.6 Å². The zero-order chi connectivity index (χ0) is 69.1. The number of esters is 4. The van der Waals surface area contributed by atoms with Gasteiger partial charge >= 0.3 is 39.5 Å². The predicted octanol–water partition coefficient (Wildman–Crippen LogP) is 22.1. The standard InChI is InChI=1S/C75H146O17P2/c1-6-10-13-16-19-22-25-28-29-30-31-32-33-34-35-38-41-44-51-56-61-75(80)91-70(64-85-72(77)58-53-48-42-39-36-26-23-20-17-14-11-7-2)66-89-93(81,82)87-62-69(76)63-88-94(83,84)90-67-71(65-86-73(78)59-54-49-46-45-47-52-57-68(5)9-4)92-74(79)60-55-50-43-40-37-27-24-21-18-15-12-8-3/h68-71,76H,6-67H2,1-5H3,(H,81,82)(H,83,84)/t68?,69-,70-,71-/m1/s1. The van der Waals surface area contributed by atoms with Gasteiger partial charge in [-0.2, -0.15) is 0 Å². The fourth-order valence-corrected chi connectivity index (χ4v) is 13.1. The maximum absolute atomic E-state index is 13.1. The number of phosphoric ester groups is 2. The highest BCUT2D eigenvalue weighted by Gasteiger charge is 2.30. The Morgan fingerprint density at radius 1 is 0.298 bits per heavy atom. The highest BCUT2D eigenvalue weighted by Crippen LogP contribution is 2.45. The van der Waals surface area contributed by atoms with Crippen molar-refractivity contribution in [3.8, 4) is 0 Å². The molecule has 558 valence electrons. The van der Waals surface area contributed by atoms with Crippen molar-refractivity contribution in [1.29, 1.82) is 0 Å². The summed E-state index contributed by atoms with van der Waals surface area (Å²) in [6.07, 6.45) is 56.9. The fraction of sp³-hybridized carbons (Fsp3) is 0.947. The zero-order valence-electron chi connectivity index (χ0n) is 61.1. The number of carbonyl (C=O) groups is 4. The molecular weight excluding hydrogens is 1230 g/mol. The molecule has 0 aliphatic heterocycles. The maximum Gasteiger partial charge on any atom is 0.472 e. The average molecular weight is 1380 g/mol. The lowest BCUT2D eigenvalue weighted by Crippen LogP contribution is -2.30. The lowest BCUT2D eigenvalue weighted by atomic mass is 10.00. The number of rotatable bonds is 75. The van der Waals surface area contributed by atoms with E-state index in [0.29, 0.717) is 25.7 Å². The quantitative estimate of drug-likeness (QED) is 0.0222. The van der Waals surface area contributed by atoms with Crippen LogP contribution in [0.15, 0.2) is 0 Å². The third-order valence-electron chi connectivity index (χ3n) is 17.9. The lowest BCUT2D eigenvalue weighted by Gasteiger charge is -2.21. The van der Waals surface area contributed by atoms with E-state index >= 15 is 0 Å². The van der Waals surface area contributed by atoms with Gasteiger partial charge in [0.25, 0.3) is 0 Å². The van der Waals surface area contributed by atoms with Gasteiger partial charge in [0.1, 0.15) is 19.3 Å². The molecule has 19 heteroatoms. The molecule has 0 aromatic carbocycles. The van der Waals surface area contributed by atoms with Crippen LogP contribution in [0.1, 0.15) is 394 Å². The fourth-order valence-electron chi connectivity index (χ4n) is 11.5. The molecule has 0 rings (SSSR count). The highest BCUT2D eigenvalue weighted by atomic mass is 31.2. The van der Waals surface area contributed by atoms with E-state index in [0.717, 1.165) is 102 Å². The second-order valence-corrected chi connectivity index (χ2v) is 30.2. The second-order valence-electron chi connectivity index (χ2n) is 27.3. The molecule has 0 saturated heterocycles. The van der Waals surface area contributed by atoms with Crippen LogP contribution in [-0.2, 0) is 65.4 Å². The Balaban J connectivity index is 5.20. The van der Waals surface area contributed by atoms with Crippen LogP contribution >= 0.6 is 15.6 Å². The van der Waals surface area contributed by atoms with Crippen molar-refractivity contribution >= 4 is 39.5 Å². The van der Waals surface area contributed by atoms with Crippen LogP contribution in [0.2, 0.25) is 0 Å². The minimum atomic E-state index is -4.95. The number of ether oxygens (including phenoxy) is 4. The summed E-state index contributed by atoms with van der Waals surface area (Å²) in [6.45, 7) is 7.24. The number of carbonyl (C=O) groups excluding carboxylic acids is 4. The number of aliphatic hydroxyl groups excluding tert-OH is 1. The van der Waals surface area contributed by atoms with E-state index in [-0.39, 0.29) is 25.7 Å². The number of phosphoric acid groups is 2. The predicted molar refractivity (Wildman–Crippen MR) is 382 cm³/mol. The van der Waals surface area contributed by atoms with Gasteiger partial charge in [0.15, 0.2) is 12.2 Å². The van der Waals surface area contributed by atoms with Crippen LogP contribution in [0.3, 0.4) is 0 Å². The molecule has 3 N–H and O–H groups in total. The topological polar surface area (TPSA) is 237 Å². The summed E-state index contributed by atoms with van der Waals surface area (Å²) in [7, 11) is -9.91. The van der Waals surface area contributed by atoms with E-state index in [9.17, 15) is 43.2 Å². The largest absolute Gasteiger partial charge is 0.472 e. The van der Waals surface area contributed by atoms with Crippen LogP contribution in [-0.4, -0.2) is 96.7 Å². The van der Waals surface area contributed by atoms with Crippen LogP contribution in [0.4, 0.5) is 0 Å². The van der Waals surface area contributed by atoms with E-state index in [1.54, 1.807) is 0 Å². The van der Waals surface area contributed by atoms with Crippen molar-refractivity contribution in [3.63, 3.8) is 0 Å². The Kier molecular flexibility index (Phi) is 66.8. The molecule has 0 aliphatic carbocycles. The van der Waals surface area contributed by atoms with Gasteiger partial charge in [0, 0.05) is 25.7 Å². The second kappa shape index (κ2) is 68.2. The van der Waals surface area contributed by atoms with Crippen molar-refractivity contribution in [2.45, 2.75) is 412 Å². The third kappa shape index (κ3) is 67.3. The molecule has 94 heavy (non-hydrogen) atoms. The van der Waals surface area contributed by atoms with Crippen molar-refractivity contribution in [2.24, 2.45) is 5.92 Å². The van der Waals surface area contributed by atoms with Crippen LogP contribution in [0, 0.1) is 5.92 Å². The minimum Gasteiger partial charge on any atom is -0.462 e. The first-order valence-electron chi connectivity index (χ1n) is 39.2. The van der Waals surface area contributed by atoms with E-state index in [4.69, 9.17) is 37.0 Å². The first kappa shape index (κ1) is 92.1. The average Bonchev–Trinajstić information content (AvgIpc) is 2.30. The van der Waals surface area contributed by atoms with Gasteiger partial charge in [0.05, 0.1) is 26.4 Å². The Labute approximate surface area is 575 Å². The Morgan fingerprint density at radius 2 is 0.511 bits per heavy atom. The SMILES string of the molecule is CCCCCCCCCCCCCCCCCCCCCCC(=O)O[C@H](COC(=O)CCCCCCCCCCCCCC)COP(=O)(O)OC[C@@H](O)COP(=O)(O)OC[C@@H](COC(=O)CCCCCCCCC(C)CC)OC(=O)CCCCCCCCCCCCCC. The summed E-state index contributed by atoms with van der Waals surface area (Å²) in [4.78, 5) is 72.7. The molecule has 0 bridgehead atoms. The molecule has 0 fully saturated rings. The number of unbranched alkanes of at least 4 members (excludes halogenated alkanes) is 46. The van der Waals surface area contributed by atoms with Gasteiger partial charge in [0.2, 0.25) is 0 Å². The first-order valence-corrected chi connectivity index (χ1v) is 42.2. The lowest BCUT2D eigenvalue weighted by molar-refractivity contribution is -0.161. The van der Waals surface area contributed by atoms with Gasteiger partial charge in [-0.1, -0.05) is 343 Å². The monoisotopic (exact) mass is 1380 g/mol. The van der Waals surface area contributed by atoms with Crippen LogP contribution in [0.25, 0.3) is 0 Å². The van der Waals surface area contributed by atoms with Crippen molar-refractivity contribution in [3.05, 3.63) is 0 Å². The molecule has 17 nitrogen and oxygen atoms in total. The number of aliphatic hydroxyl groups is 1. The molecule has 0 aromatic rings. The van der Waals surface area contributed by atoms with E-state index in [1.807, 2.05) is 0 Å². The summed E-state index contributed by atoms with van der Waals surface area (Å²) in [5.41, 5.74) is 0. The molecule has 0 aromatic heterocycles. The van der Waals surface area contributed by atoms with Gasteiger partial charge in [-0.25, -0.2) is 9.13 Å². The minimum absolute atomic E-state index is 0.107. The molecule has 0 spiro atoms. The Hall–Kier alpha value is -1.94. The maximum atomic E-state index is 13.1. The smallest absolute Gasteiger partial charge is 0.462 e. The zero-order valence-corrected chi connectivity index (χ0v) is 62.9. The van der Waals surface area contributed by atoms with Crippen LogP contribution in [0.5, 0.6) is 0 Å². The molecule has 0 amide bonds. The molecular formula is C75H146O17P2. The van der Waals surface area contributed by atoms with Crippen molar-refractivity contribution < 1.29 is 80.2 Å². The van der Waals surface area contributed by atoms with Gasteiger partial charge in [-0.3, -0.25) is 37.3 Å². The normalized spacial score (nSPS) is 14.3. The molecule has 0 saturated carbocycles. The molecule has 0 radical (unpaired) electrons. The van der Waals surface area contributed by atoms with Crippen molar-refractivity contribution in [1.82, 2.24) is 0 Å². The van der Waals surface area contributed by atoms with Gasteiger partial charge < -0.3 is 33.8 Å². The Bertz CT molecular complexity index is 1810. The molecule has 0 heterocycles. The van der Waals surface area contributed by atoms with E-state index in [1.165, 1.54) is 212 Å². The number of hydrogen-bond donors (Lipinski definition) is 3. The summed E-state index contributed by atoms with van der Waals surface area (Å²) in [5.74, 6) is -1.38. The van der Waals surface area contributed by atoms with Gasteiger partial charge in [-0.15, -0.1) is 0 Å². The molecule has 6 atom stereocenters. The summed E-state index contributed by atoms with van der Waals surface area (Å²) >= 11 is 0. The molecule has 3 unspecified atom stereocenters. The van der Waals surface area contributed by atoms with E-state index in [2.05, 4.69) is 34.6 Å². The van der Waals surface area contributed by atoms with Crippen LogP contribution < -0.4 is 0 Å². The first-order chi connectivity index (χ1) is 45.6. The van der Waals surface area contributed by atoms with E-state index < -0.39 is 97.5 Å². The summed E-state index contributed by atoms with van der Waals surface area (Å²) in [5, 5.41) is 10.6. The Morgan fingerprint density at radius 3 is 0.755 bits per heavy atom. The number of hydrogen-bond acceptors (Lipinski definition) is 15. The van der Waals surface area contributed by atoms with Crippen molar-refractivity contribution in [2.75, 3.05) is 39.6 Å². The summed E-state index contributed by atoms with van der Waals surface area (Å²) < 4.78 is 68.5. The summed E-state index contributed by atoms with van der Waals surface area (Å²) in [6, 6.07) is 0. The highest BCUT2D eigenvalue weighted by molar-refractivity contribution is 7.47.